The molecule has 0 atom stereocenters. The molecule has 0 unspecified atom stereocenters. The molecule has 0 bridgehead atoms. The van der Waals surface area contributed by atoms with Crippen molar-refractivity contribution >= 4 is 50.7 Å². The maximum Gasteiger partial charge on any atom is 0.416 e. The van der Waals surface area contributed by atoms with Crippen LogP contribution in [-0.2, 0) is 6.18 Å². The lowest BCUT2D eigenvalue weighted by Crippen LogP contribution is -2.08. The molecule has 3 heterocycles. The van der Waals surface area contributed by atoms with Crippen LogP contribution in [0.1, 0.15) is 5.56 Å². The molecule has 0 saturated carbocycles. The van der Waals surface area contributed by atoms with Crippen molar-refractivity contribution in [1.29, 1.82) is 0 Å². The summed E-state index contributed by atoms with van der Waals surface area (Å²) in [7, 11) is 0. The Labute approximate surface area is 191 Å². The Hall–Kier alpha value is -3.12. The Morgan fingerprint density at radius 3 is 2.81 bits per heavy atom. The monoisotopic (exact) mass is 525 g/mol. The lowest BCUT2D eigenvalue weighted by atomic mass is 10.2. The van der Waals surface area contributed by atoms with E-state index in [4.69, 9.17) is 4.74 Å². The van der Waals surface area contributed by atoms with Crippen LogP contribution in [0.2, 0.25) is 0 Å². The van der Waals surface area contributed by atoms with Gasteiger partial charge in [-0.3, -0.25) is 4.31 Å². The van der Waals surface area contributed by atoms with Gasteiger partial charge in [0.1, 0.15) is 5.76 Å². The Kier molecular flexibility index (Phi) is 5.05. The molecule has 0 fully saturated rings. The van der Waals surface area contributed by atoms with Crippen LogP contribution >= 0.6 is 28.1 Å². The zero-order valence-electron chi connectivity index (χ0n) is 15.8. The van der Waals surface area contributed by atoms with Crippen LogP contribution in [-0.4, -0.2) is 14.3 Å². The highest BCUT2D eigenvalue weighted by Gasteiger charge is 2.31. The summed E-state index contributed by atoms with van der Waals surface area (Å²) in [6.07, 6.45) is 2.57. The first-order valence-corrected chi connectivity index (χ1v) is 10.7. The normalized spacial score (nSPS) is 15.3. The van der Waals surface area contributed by atoms with Gasteiger partial charge in [-0.2, -0.15) is 13.2 Å². The third kappa shape index (κ3) is 4.02. The largest absolute Gasteiger partial charge is 0.454 e. The molecule has 3 aromatic rings. The maximum absolute atomic E-state index is 14.6. The number of halogens is 5. The third-order valence-electron chi connectivity index (χ3n) is 4.57. The van der Waals surface area contributed by atoms with Gasteiger partial charge in [0.2, 0.25) is 5.95 Å². The Morgan fingerprint density at radius 2 is 2.03 bits per heavy atom. The molecule has 5 rings (SSSR count). The highest BCUT2D eigenvalue weighted by molar-refractivity contribution is 9.10. The number of H-pyrrole nitrogens is 1. The van der Waals surface area contributed by atoms with Crippen molar-refractivity contribution in [2.24, 2.45) is 0 Å². The molecule has 32 heavy (non-hydrogen) atoms. The summed E-state index contributed by atoms with van der Waals surface area (Å²) in [5.41, 5.74) is 0.906. The van der Waals surface area contributed by atoms with Crippen molar-refractivity contribution in [3.05, 3.63) is 82.2 Å². The van der Waals surface area contributed by atoms with Gasteiger partial charge in [0, 0.05) is 34.7 Å². The number of fused-ring (bicyclic) bond motifs is 2. The molecule has 0 spiro atoms. The van der Waals surface area contributed by atoms with Crippen molar-refractivity contribution in [3.8, 4) is 5.75 Å². The van der Waals surface area contributed by atoms with Gasteiger partial charge in [-0.25, -0.2) is 9.37 Å². The van der Waals surface area contributed by atoms with E-state index in [0.717, 1.165) is 17.8 Å². The summed E-state index contributed by atoms with van der Waals surface area (Å²) in [6.45, 7) is 0. The van der Waals surface area contributed by atoms with Gasteiger partial charge in [0.25, 0.3) is 0 Å². The first-order chi connectivity index (χ1) is 15.3. The van der Waals surface area contributed by atoms with Gasteiger partial charge in [-0.1, -0.05) is 0 Å². The lowest BCUT2D eigenvalue weighted by Gasteiger charge is -2.18. The second-order valence-electron chi connectivity index (χ2n) is 6.77. The summed E-state index contributed by atoms with van der Waals surface area (Å²) < 4.78 is 64.4. The fourth-order valence-electron chi connectivity index (χ4n) is 3.10. The number of imidazole rings is 1. The van der Waals surface area contributed by atoms with E-state index in [9.17, 15) is 17.6 Å². The van der Waals surface area contributed by atoms with Crippen molar-refractivity contribution in [3.63, 3.8) is 0 Å². The SMILES string of the molecule is Fc1cc(Nc2nc3cc(C(F)(F)F)cc(Br)c3[nH]2)ccc1OC1=CC2=CNSN2C=C1. The minimum atomic E-state index is -4.49. The lowest BCUT2D eigenvalue weighted by molar-refractivity contribution is -0.137. The first kappa shape index (κ1) is 20.8. The number of ether oxygens (including phenoxy) is 1. The minimum Gasteiger partial charge on any atom is -0.454 e. The predicted octanol–water partition coefficient (Wildman–Crippen LogP) is 6.33. The summed E-state index contributed by atoms with van der Waals surface area (Å²) in [6, 6.07) is 6.16. The number of alkyl halides is 3. The van der Waals surface area contributed by atoms with E-state index in [1.807, 2.05) is 4.31 Å². The number of nitrogens with zero attached hydrogens (tertiary/aromatic N) is 2. The molecular weight excluding hydrogens is 514 g/mol. The van der Waals surface area contributed by atoms with E-state index in [2.05, 4.69) is 35.9 Å². The molecule has 12 heteroatoms. The molecule has 0 amide bonds. The van der Waals surface area contributed by atoms with E-state index in [1.54, 1.807) is 30.6 Å². The van der Waals surface area contributed by atoms with Gasteiger partial charge in [0.05, 0.1) is 34.4 Å². The molecule has 1 aromatic heterocycles. The van der Waals surface area contributed by atoms with E-state index in [0.29, 0.717) is 17.0 Å². The number of aromatic nitrogens is 2. The molecule has 2 aliphatic heterocycles. The zero-order valence-corrected chi connectivity index (χ0v) is 18.2. The predicted molar refractivity (Wildman–Crippen MR) is 117 cm³/mol. The Bertz CT molecular complexity index is 1320. The van der Waals surface area contributed by atoms with E-state index in [-0.39, 0.29) is 21.7 Å². The standard InChI is InChI=1S/C20H12BrF4N5OS/c21-14-5-10(20(23,24)25)6-16-18(14)29-19(28-16)27-11-1-2-17(15(22)7-11)31-13-3-4-30-12(8-13)9-26-32-30/h1-9,26H,(H2,27,28,29). The highest BCUT2D eigenvalue weighted by atomic mass is 79.9. The topological polar surface area (TPSA) is 65.2 Å². The van der Waals surface area contributed by atoms with Crippen LogP contribution in [0.5, 0.6) is 5.75 Å². The summed E-state index contributed by atoms with van der Waals surface area (Å²) in [5.74, 6) is 0.0563. The van der Waals surface area contributed by atoms with Crippen LogP contribution in [0.4, 0.5) is 29.2 Å². The van der Waals surface area contributed by atoms with Crippen LogP contribution in [0.15, 0.2) is 70.8 Å². The van der Waals surface area contributed by atoms with Gasteiger partial charge in [-0.15, -0.1) is 0 Å². The molecular formula is C20H12BrF4N5OS. The van der Waals surface area contributed by atoms with Crippen LogP contribution in [0, 0.1) is 5.82 Å². The van der Waals surface area contributed by atoms with Crippen molar-refractivity contribution in [2.45, 2.75) is 6.18 Å². The van der Waals surface area contributed by atoms with E-state index >= 15 is 0 Å². The quantitative estimate of drug-likeness (QED) is 0.273. The number of nitrogens with one attached hydrogen (secondary N) is 3. The van der Waals surface area contributed by atoms with E-state index in [1.165, 1.54) is 24.3 Å². The second-order valence-corrected chi connectivity index (χ2v) is 8.44. The molecule has 0 saturated heterocycles. The molecule has 3 N–H and O–H groups in total. The number of anilines is 2. The van der Waals surface area contributed by atoms with Crippen LogP contribution in [0.3, 0.4) is 0 Å². The third-order valence-corrected chi connectivity index (χ3v) is 5.95. The van der Waals surface area contributed by atoms with Gasteiger partial charge in [-0.05, 0) is 46.3 Å². The van der Waals surface area contributed by atoms with E-state index < -0.39 is 17.6 Å². The molecule has 2 aromatic carbocycles. The second kappa shape index (κ2) is 7.78. The number of hydrogen-bond donors (Lipinski definition) is 3. The van der Waals surface area contributed by atoms with Crippen LogP contribution < -0.4 is 14.8 Å². The number of benzene rings is 2. The van der Waals surface area contributed by atoms with Crippen molar-refractivity contribution in [2.75, 3.05) is 5.32 Å². The van der Waals surface area contributed by atoms with Crippen molar-refractivity contribution in [1.82, 2.24) is 19.0 Å². The molecule has 0 radical (unpaired) electrons. The smallest absolute Gasteiger partial charge is 0.416 e. The minimum absolute atomic E-state index is 0.0290. The number of hydrogen-bond acceptors (Lipinski definition) is 6. The molecule has 6 nitrogen and oxygen atoms in total. The van der Waals surface area contributed by atoms with Crippen molar-refractivity contribution < 1.29 is 22.3 Å². The fourth-order valence-corrected chi connectivity index (χ4v) is 4.27. The molecule has 0 aliphatic carbocycles. The van der Waals surface area contributed by atoms with Gasteiger partial charge >= 0.3 is 6.18 Å². The maximum atomic E-state index is 14.6. The molecule has 164 valence electrons. The number of aromatic amines is 1. The highest BCUT2D eigenvalue weighted by Crippen LogP contribution is 2.35. The fraction of sp³-hybridized carbons (Fsp3) is 0.0500. The Morgan fingerprint density at radius 1 is 1.19 bits per heavy atom. The summed E-state index contributed by atoms with van der Waals surface area (Å²) in [5, 5.41) is 2.86. The zero-order chi connectivity index (χ0) is 22.5. The number of rotatable bonds is 4. The van der Waals surface area contributed by atoms with Gasteiger partial charge < -0.3 is 19.8 Å². The Balaban J connectivity index is 1.35. The first-order valence-electron chi connectivity index (χ1n) is 9.09. The summed E-state index contributed by atoms with van der Waals surface area (Å²) in [4.78, 5) is 7.02. The van der Waals surface area contributed by atoms with Gasteiger partial charge in [0.15, 0.2) is 11.6 Å². The van der Waals surface area contributed by atoms with Crippen LogP contribution in [0.25, 0.3) is 11.0 Å². The number of allylic oxidation sites excluding steroid dienone is 2. The average Bonchev–Trinajstić information content (AvgIpc) is 3.35. The molecule has 2 aliphatic rings. The summed E-state index contributed by atoms with van der Waals surface area (Å²) >= 11 is 4.52. The average molecular weight is 526 g/mol.